The lowest BCUT2D eigenvalue weighted by Gasteiger charge is -2.31. The highest BCUT2D eigenvalue weighted by molar-refractivity contribution is 5.04. The van der Waals surface area contributed by atoms with Crippen LogP contribution in [0.5, 0.6) is 0 Å². The van der Waals surface area contributed by atoms with Gasteiger partial charge in [0.05, 0.1) is 25.5 Å². The molecule has 122 valence electrons. The molecule has 0 bridgehead atoms. The number of pyridine rings is 1. The Kier molecular flexibility index (Phi) is 5.41. The van der Waals surface area contributed by atoms with Crippen LogP contribution in [-0.4, -0.2) is 74.4 Å². The van der Waals surface area contributed by atoms with E-state index in [1.165, 1.54) is 6.42 Å². The average molecular weight is 305 g/mol. The van der Waals surface area contributed by atoms with E-state index in [1.807, 2.05) is 12.3 Å². The van der Waals surface area contributed by atoms with Crippen molar-refractivity contribution in [1.29, 1.82) is 0 Å². The molecule has 1 spiro atoms. The predicted octanol–water partition coefficient (Wildman–Crippen LogP) is 1.25. The highest BCUT2D eigenvalue weighted by Crippen LogP contribution is 2.33. The van der Waals surface area contributed by atoms with E-state index in [9.17, 15) is 0 Å². The molecule has 22 heavy (non-hydrogen) atoms. The third-order valence-corrected chi connectivity index (χ3v) is 4.76. The van der Waals surface area contributed by atoms with Crippen molar-refractivity contribution in [3.8, 4) is 0 Å². The number of likely N-dealkylation sites (tertiary alicyclic amines) is 1. The van der Waals surface area contributed by atoms with E-state index in [4.69, 9.17) is 9.47 Å². The van der Waals surface area contributed by atoms with Crippen molar-refractivity contribution in [1.82, 2.24) is 14.8 Å². The lowest BCUT2D eigenvalue weighted by atomic mass is 9.87. The van der Waals surface area contributed by atoms with Crippen LogP contribution in [0.15, 0.2) is 24.4 Å². The van der Waals surface area contributed by atoms with Crippen LogP contribution in [0.1, 0.15) is 12.1 Å². The monoisotopic (exact) mass is 305 g/mol. The number of rotatable bonds is 5. The highest BCUT2D eigenvalue weighted by atomic mass is 16.5. The zero-order valence-electron chi connectivity index (χ0n) is 13.5. The fourth-order valence-corrected chi connectivity index (χ4v) is 3.62. The van der Waals surface area contributed by atoms with Crippen molar-refractivity contribution >= 4 is 0 Å². The molecule has 2 aliphatic heterocycles. The lowest BCUT2D eigenvalue weighted by Crippen LogP contribution is -2.41. The van der Waals surface area contributed by atoms with Gasteiger partial charge >= 0.3 is 0 Å². The Labute approximate surface area is 133 Å². The third-order valence-electron chi connectivity index (χ3n) is 4.76. The second kappa shape index (κ2) is 7.51. The van der Waals surface area contributed by atoms with Crippen LogP contribution >= 0.6 is 0 Å². The van der Waals surface area contributed by atoms with E-state index < -0.39 is 0 Å². The molecule has 3 heterocycles. The predicted molar refractivity (Wildman–Crippen MR) is 85.7 cm³/mol. The standard InChI is InChI=1S/C17H27N3O2/c1-21-10-8-19-7-5-17(13-19)14-20(9-11-22-15-17)12-16-4-2-3-6-18-16/h2-4,6H,5,7-15H2,1H3/t17-/m1/s1. The Bertz CT molecular complexity index is 456. The van der Waals surface area contributed by atoms with Crippen molar-refractivity contribution in [2.45, 2.75) is 13.0 Å². The minimum absolute atomic E-state index is 0.277. The van der Waals surface area contributed by atoms with E-state index >= 15 is 0 Å². The zero-order chi connectivity index (χ0) is 15.3. The van der Waals surface area contributed by atoms with Crippen molar-refractivity contribution in [3.63, 3.8) is 0 Å². The lowest BCUT2D eigenvalue weighted by molar-refractivity contribution is 0.0681. The molecular weight excluding hydrogens is 278 g/mol. The number of hydrogen-bond acceptors (Lipinski definition) is 5. The summed E-state index contributed by atoms with van der Waals surface area (Å²) in [5.41, 5.74) is 1.42. The van der Waals surface area contributed by atoms with Gasteiger partial charge in [0.2, 0.25) is 0 Å². The van der Waals surface area contributed by atoms with Crippen molar-refractivity contribution in [2.24, 2.45) is 5.41 Å². The van der Waals surface area contributed by atoms with Crippen molar-refractivity contribution < 1.29 is 9.47 Å². The van der Waals surface area contributed by atoms with Crippen LogP contribution in [0.2, 0.25) is 0 Å². The minimum Gasteiger partial charge on any atom is -0.383 e. The molecule has 0 unspecified atom stereocenters. The molecule has 2 fully saturated rings. The minimum atomic E-state index is 0.277. The Morgan fingerprint density at radius 2 is 2.18 bits per heavy atom. The Hall–Kier alpha value is -1.01. The molecule has 0 aliphatic carbocycles. The van der Waals surface area contributed by atoms with Gasteiger partial charge in [0.15, 0.2) is 0 Å². The maximum atomic E-state index is 5.93. The number of hydrogen-bond donors (Lipinski definition) is 0. The molecule has 1 aromatic rings. The summed E-state index contributed by atoms with van der Waals surface area (Å²) in [6.07, 6.45) is 3.09. The largest absolute Gasteiger partial charge is 0.383 e. The molecule has 1 atom stereocenters. The Morgan fingerprint density at radius 1 is 1.27 bits per heavy atom. The first-order valence-corrected chi connectivity index (χ1v) is 8.21. The molecule has 5 heteroatoms. The first-order chi connectivity index (χ1) is 10.8. The summed E-state index contributed by atoms with van der Waals surface area (Å²) in [5, 5.41) is 0. The molecule has 2 aliphatic rings. The third kappa shape index (κ3) is 4.04. The van der Waals surface area contributed by atoms with Crippen LogP contribution in [0.25, 0.3) is 0 Å². The maximum absolute atomic E-state index is 5.93. The van der Waals surface area contributed by atoms with Gasteiger partial charge in [-0.05, 0) is 25.1 Å². The summed E-state index contributed by atoms with van der Waals surface area (Å²) in [7, 11) is 1.77. The normalized spacial score (nSPS) is 27.3. The van der Waals surface area contributed by atoms with E-state index in [0.717, 1.165) is 64.8 Å². The molecule has 0 aromatic carbocycles. The van der Waals surface area contributed by atoms with Crippen molar-refractivity contribution in [2.75, 3.05) is 59.7 Å². The number of ether oxygens (including phenoxy) is 2. The van der Waals surface area contributed by atoms with Crippen LogP contribution in [-0.2, 0) is 16.0 Å². The van der Waals surface area contributed by atoms with E-state index in [2.05, 4.69) is 26.9 Å². The number of aromatic nitrogens is 1. The van der Waals surface area contributed by atoms with Gasteiger partial charge in [-0.15, -0.1) is 0 Å². The average Bonchev–Trinajstić information content (AvgIpc) is 2.82. The molecule has 2 saturated heterocycles. The van der Waals surface area contributed by atoms with Gasteiger partial charge < -0.3 is 14.4 Å². The van der Waals surface area contributed by atoms with Gasteiger partial charge in [-0.1, -0.05) is 6.07 Å². The molecule has 0 radical (unpaired) electrons. The Balaban J connectivity index is 1.60. The summed E-state index contributed by atoms with van der Waals surface area (Å²) in [6.45, 7) is 8.85. The van der Waals surface area contributed by atoms with Gasteiger partial charge in [-0.2, -0.15) is 0 Å². The zero-order valence-corrected chi connectivity index (χ0v) is 13.5. The summed E-state index contributed by atoms with van der Waals surface area (Å²) in [6, 6.07) is 6.15. The SMILES string of the molecule is COCCN1CC[C@@]2(COCCN(Cc3ccccn3)C2)C1. The van der Waals surface area contributed by atoms with E-state index in [-0.39, 0.29) is 5.41 Å². The van der Waals surface area contributed by atoms with Gasteiger partial charge in [0.1, 0.15) is 0 Å². The van der Waals surface area contributed by atoms with Gasteiger partial charge in [0, 0.05) is 51.4 Å². The second-order valence-corrected chi connectivity index (χ2v) is 6.60. The second-order valence-electron chi connectivity index (χ2n) is 6.60. The molecule has 0 amide bonds. The fraction of sp³-hybridized carbons (Fsp3) is 0.706. The summed E-state index contributed by atoms with van der Waals surface area (Å²) in [5.74, 6) is 0. The first kappa shape index (κ1) is 15.9. The number of methoxy groups -OCH3 is 1. The summed E-state index contributed by atoms with van der Waals surface area (Å²) < 4.78 is 11.1. The van der Waals surface area contributed by atoms with E-state index in [1.54, 1.807) is 7.11 Å². The van der Waals surface area contributed by atoms with Gasteiger partial charge in [-0.25, -0.2) is 0 Å². The smallest absolute Gasteiger partial charge is 0.0593 e. The quantitative estimate of drug-likeness (QED) is 0.818. The molecule has 1 aromatic heterocycles. The first-order valence-electron chi connectivity index (χ1n) is 8.21. The van der Waals surface area contributed by atoms with Crippen LogP contribution in [0, 0.1) is 5.41 Å². The topological polar surface area (TPSA) is 37.8 Å². The molecule has 0 saturated carbocycles. The fourth-order valence-electron chi connectivity index (χ4n) is 3.62. The van der Waals surface area contributed by atoms with E-state index in [0.29, 0.717) is 0 Å². The molecule has 0 N–H and O–H groups in total. The summed E-state index contributed by atoms with van der Waals surface area (Å²) >= 11 is 0. The van der Waals surface area contributed by atoms with Crippen LogP contribution in [0.3, 0.4) is 0 Å². The summed E-state index contributed by atoms with van der Waals surface area (Å²) in [4.78, 5) is 9.48. The van der Waals surface area contributed by atoms with Gasteiger partial charge in [0.25, 0.3) is 0 Å². The Morgan fingerprint density at radius 3 is 3.00 bits per heavy atom. The van der Waals surface area contributed by atoms with Gasteiger partial charge in [-0.3, -0.25) is 9.88 Å². The van der Waals surface area contributed by atoms with Crippen LogP contribution in [0.4, 0.5) is 0 Å². The molecular formula is C17H27N3O2. The number of nitrogens with zero attached hydrogens (tertiary/aromatic N) is 3. The molecule has 3 rings (SSSR count). The maximum Gasteiger partial charge on any atom is 0.0593 e. The molecule has 5 nitrogen and oxygen atoms in total. The van der Waals surface area contributed by atoms with Crippen LogP contribution < -0.4 is 0 Å². The highest BCUT2D eigenvalue weighted by Gasteiger charge is 2.40. The van der Waals surface area contributed by atoms with Crippen molar-refractivity contribution in [3.05, 3.63) is 30.1 Å².